The van der Waals surface area contributed by atoms with Crippen LogP contribution in [0.4, 0.5) is 5.82 Å². The van der Waals surface area contributed by atoms with Gasteiger partial charge >= 0.3 is 0 Å². The Kier molecular flexibility index (Phi) is 4.10. The lowest BCUT2D eigenvalue weighted by molar-refractivity contribution is 0.384. The molecule has 0 aliphatic carbocycles. The number of hydrogen-bond acceptors (Lipinski definition) is 5. The van der Waals surface area contributed by atoms with E-state index in [1.54, 1.807) is 30.5 Å². The van der Waals surface area contributed by atoms with Crippen molar-refractivity contribution in [3.8, 4) is 0 Å². The van der Waals surface area contributed by atoms with Crippen LogP contribution in [0, 0.1) is 0 Å². The van der Waals surface area contributed by atoms with Gasteiger partial charge < -0.3 is 4.90 Å². The van der Waals surface area contributed by atoms with Crippen LogP contribution in [0.25, 0.3) is 11.0 Å². The Hall–Kier alpha value is -2.51. The minimum Gasteiger partial charge on any atom is -0.353 e. The van der Waals surface area contributed by atoms with E-state index in [1.165, 1.54) is 4.31 Å². The molecule has 6 nitrogen and oxygen atoms in total. The maximum absolute atomic E-state index is 12.7. The summed E-state index contributed by atoms with van der Waals surface area (Å²) >= 11 is 0. The average molecular weight is 354 g/mol. The van der Waals surface area contributed by atoms with Crippen LogP contribution in [0.3, 0.4) is 0 Å². The number of sulfonamides is 1. The fourth-order valence-electron chi connectivity index (χ4n) is 3.00. The Morgan fingerprint density at radius 2 is 1.44 bits per heavy atom. The van der Waals surface area contributed by atoms with E-state index in [1.807, 2.05) is 30.3 Å². The quantitative estimate of drug-likeness (QED) is 0.721. The number of hydrogen-bond donors (Lipinski definition) is 0. The molecular formula is C18H18N4O2S. The molecule has 0 bridgehead atoms. The molecule has 0 atom stereocenters. The number of benzene rings is 2. The highest BCUT2D eigenvalue weighted by atomic mass is 32.2. The summed E-state index contributed by atoms with van der Waals surface area (Å²) in [5, 5.41) is 0. The molecule has 7 heteroatoms. The van der Waals surface area contributed by atoms with E-state index in [9.17, 15) is 8.42 Å². The molecule has 1 aliphatic heterocycles. The van der Waals surface area contributed by atoms with Crippen LogP contribution in [-0.4, -0.2) is 48.9 Å². The predicted octanol–water partition coefficient (Wildman–Crippen LogP) is 2.14. The van der Waals surface area contributed by atoms with E-state index in [0.717, 1.165) is 16.9 Å². The Balaban J connectivity index is 1.51. The highest BCUT2D eigenvalue weighted by molar-refractivity contribution is 7.89. The van der Waals surface area contributed by atoms with Crippen molar-refractivity contribution < 1.29 is 8.42 Å². The lowest BCUT2D eigenvalue weighted by Crippen LogP contribution is -2.48. The molecule has 1 saturated heterocycles. The van der Waals surface area contributed by atoms with E-state index < -0.39 is 10.0 Å². The van der Waals surface area contributed by atoms with Gasteiger partial charge in [0.25, 0.3) is 0 Å². The van der Waals surface area contributed by atoms with E-state index in [-0.39, 0.29) is 0 Å². The lowest BCUT2D eigenvalue weighted by Gasteiger charge is -2.34. The van der Waals surface area contributed by atoms with Gasteiger partial charge in [-0.3, -0.25) is 4.98 Å². The standard InChI is InChI=1S/C18H18N4O2S/c23-25(24,15-6-2-1-3-7-15)22-12-10-21(11-13-22)18-14-19-16-8-4-5-9-17(16)20-18/h1-9,14H,10-13H2. The van der Waals surface area contributed by atoms with E-state index in [0.29, 0.717) is 31.1 Å². The number of aromatic nitrogens is 2. The van der Waals surface area contributed by atoms with Crippen molar-refractivity contribution in [2.45, 2.75) is 4.90 Å². The molecule has 0 unspecified atom stereocenters. The van der Waals surface area contributed by atoms with Gasteiger partial charge in [-0.1, -0.05) is 30.3 Å². The molecule has 0 saturated carbocycles. The largest absolute Gasteiger partial charge is 0.353 e. The zero-order valence-corrected chi connectivity index (χ0v) is 14.4. The summed E-state index contributed by atoms with van der Waals surface area (Å²) in [5.41, 5.74) is 1.70. The van der Waals surface area contributed by atoms with Crippen LogP contribution in [0.2, 0.25) is 0 Å². The summed E-state index contributed by atoms with van der Waals surface area (Å²) in [6.45, 7) is 2.07. The summed E-state index contributed by atoms with van der Waals surface area (Å²) in [5.74, 6) is 0.787. The number of anilines is 1. The molecule has 1 fully saturated rings. The summed E-state index contributed by atoms with van der Waals surface area (Å²) in [4.78, 5) is 11.5. The van der Waals surface area contributed by atoms with Crippen molar-refractivity contribution in [2.24, 2.45) is 0 Å². The minimum atomic E-state index is -3.43. The Bertz CT molecular complexity index is 984. The maximum Gasteiger partial charge on any atom is 0.243 e. The molecule has 2 heterocycles. The van der Waals surface area contributed by atoms with E-state index >= 15 is 0 Å². The minimum absolute atomic E-state index is 0.342. The van der Waals surface area contributed by atoms with Crippen molar-refractivity contribution in [2.75, 3.05) is 31.1 Å². The van der Waals surface area contributed by atoms with Gasteiger partial charge in [-0.25, -0.2) is 13.4 Å². The Morgan fingerprint density at radius 1 is 0.800 bits per heavy atom. The molecule has 25 heavy (non-hydrogen) atoms. The molecule has 3 aromatic rings. The number of nitrogens with zero attached hydrogens (tertiary/aromatic N) is 4. The van der Waals surface area contributed by atoms with Gasteiger partial charge in [0.05, 0.1) is 22.1 Å². The third-order valence-corrected chi connectivity index (χ3v) is 6.29. The highest BCUT2D eigenvalue weighted by Crippen LogP contribution is 2.20. The van der Waals surface area contributed by atoms with Gasteiger partial charge in [-0.15, -0.1) is 0 Å². The van der Waals surface area contributed by atoms with E-state index in [2.05, 4.69) is 14.9 Å². The summed E-state index contributed by atoms with van der Waals surface area (Å²) in [6.07, 6.45) is 1.75. The Labute approximate surface area is 146 Å². The van der Waals surface area contributed by atoms with Crippen molar-refractivity contribution >= 4 is 26.9 Å². The molecule has 1 aliphatic rings. The zero-order valence-electron chi connectivity index (χ0n) is 13.6. The third kappa shape index (κ3) is 3.08. The fraction of sp³-hybridized carbons (Fsp3) is 0.222. The zero-order chi connectivity index (χ0) is 17.3. The second-order valence-corrected chi connectivity index (χ2v) is 7.86. The average Bonchev–Trinajstić information content (AvgIpc) is 2.68. The van der Waals surface area contributed by atoms with Crippen LogP contribution in [0.1, 0.15) is 0 Å². The van der Waals surface area contributed by atoms with Gasteiger partial charge in [0.1, 0.15) is 5.82 Å². The van der Waals surface area contributed by atoms with Crippen LogP contribution >= 0.6 is 0 Å². The molecule has 128 valence electrons. The predicted molar refractivity (Wildman–Crippen MR) is 97.0 cm³/mol. The molecule has 4 rings (SSSR count). The smallest absolute Gasteiger partial charge is 0.243 e. The number of para-hydroxylation sites is 2. The van der Waals surface area contributed by atoms with Crippen molar-refractivity contribution in [1.29, 1.82) is 0 Å². The van der Waals surface area contributed by atoms with Crippen LogP contribution in [-0.2, 0) is 10.0 Å². The first-order chi connectivity index (χ1) is 12.1. The molecule has 2 aromatic carbocycles. The molecule has 0 radical (unpaired) electrons. The molecule has 0 N–H and O–H groups in total. The van der Waals surface area contributed by atoms with Gasteiger partial charge in [-0.2, -0.15) is 4.31 Å². The second-order valence-electron chi connectivity index (χ2n) is 5.92. The third-order valence-electron chi connectivity index (χ3n) is 4.38. The van der Waals surface area contributed by atoms with Gasteiger partial charge in [0.15, 0.2) is 0 Å². The number of fused-ring (bicyclic) bond motifs is 1. The van der Waals surface area contributed by atoms with Crippen molar-refractivity contribution in [3.05, 3.63) is 60.8 Å². The first-order valence-corrected chi connectivity index (χ1v) is 9.60. The van der Waals surface area contributed by atoms with Gasteiger partial charge in [0.2, 0.25) is 10.0 Å². The summed E-state index contributed by atoms with van der Waals surface area (Å²) in [7, 11) is -3.43. The van der Waals surface area contributed by atoms with Crippen LogP contribution in [0.5, 0.6) is 0 Å². The van der Waals surface area contributed by atoms with Gasteiger partial charge in [0, 0.05) is 26.2 Å². The number of rotatable bonds is 3. The molecule has 1 aromatic heterocycles. The maximum atomic E-state index is 12.7. The number of piperazine rings is 1. The first-order valence-electron chi connectivity index (χ1n) is 8.16. The fourth-order valence-corrected chi connectivity index (χ4v) is 4.44. The summed E-state index contributed by atoms with van der Waals surface area (Å²) < 4.78 is 26.9. The lowest BCUT2D eigenvalue weighted by atomic mass is 10.3. The van der Waals surface area contributed by atoms with Crippen LogP contribution in [0.15, 0.2) is 65.7 Å². The van der Waals surface area contributed by atoms with Crippen LogP contribution < -0.4 is 4.90 Å². The molecule has 0 amide bonds. The monoisotopic (exact) mass is 354 g/mol. The molecule has 0 spiro atoms. The van der Waals surface area contributed by atoms with Crippen molar-refractivity contribution in [1.82, 2.24) is 14.3 Å². The van der Waals surface area contributed by atoms with E-state index in [4.69, 9.17) is 0 Å². The SMILES string of the molecule is O=S(=O)(c1ccccc1)N1CCN(c2cnc3ccccc3n2)CC1. The normalized spacial score (nSPS) is 16.2. The molecular weight excluding hydrogens is 336 g/mol. The Morgan fingerprint density at radius 3 is 2.16 bits per heavy atom. The van der Waals surface area contributed by atoms with Gasteiger partial charge in [-0.05, 0) is 24.3 Å². The summed E-state index contributed by atoms with van der Waals surface area (Å²) in [6, 6.07) is 16.3. The first kappa shape index (κ1) is 16.0. The van der Waals surface area contributed by atoms with Crippen molar-refractivity contribution in [3.63, 3.8) is 0 Å². The second kappa shape index (κ2) is 6.42. The highest BCUT2D eigenvalue weighted by Gasteiger charge is 2.28. The topological polar surface area (TPSA) is 66.4 Å².